The number of fused-ring (bicyclic) bond motifs is 1. The van der Waals surface area contributed by atoms with Gasteiger partial charge in [-0.05, 0) is 64.7 Å². The third-order valence-corrected chi connectivity index (χ3v) is 5.18. The predicted octanol–water partition coefficient (Wildman–Crippen LogP) is 3.37. The normalized spacial score (nSPS) is 20.0. The average molecular weight is 486 g/mol. The second-order valence-corrected chi connectivity index (χ2v) is 7.71. The molecule has 0 unspecified atom stereocenters. The molecule has 136 valence electrons. The van der Waals surface area contributed by atoms with Crippen LogP contribution in [0.15, 0.2) is 30.6 Å². The number of hydrogen-bond donors (Lipinski definition) is 2. The van der Waals surface area contributed by atoms with E-state index in [1.165, 1.54) is 3.57 Å². The van der Waals surface area contributed by atoms with Gasteiger partial charge >= 0.3 is 0 Å². The molecule has 0 bridgehead atoms. The second kappa shape index (κ2) is 7.63. The summed E-state index contributed by atoms with van der Waals surface area (Å²) in [5, 5.41) is 12.7. The number of imidazole rings is 1. The van der Waals surface area contributed by atoms with Gasteiger partial charge in [-0.25, -0.2) is 4.98 Å². The van der Waals surface area contributed by atoms with Gasteiger partial charge in [-0.1, -0.05) is 12.1 Å². The van der Waals surface area contributed by atoms with Crippen LogP contribution in [0.4, 0.5) is 5.82 Å². The lowest BCUT2D eigenvalue weighted by molar-refractivity contribution is -0.0207. The van der Waals surface area contributed by atoms with Crippen LogP contribution in [0.3, 0.4) is 0 Å². The van der Waals surface area contributed by atoms with E-state index in [1.807, 2.05) is 16.7 Å². The zero-order valence-corrected chi connectivity index (χ0v) is 16.7. The number of aliphatic hydroxyl groups excluding tert-OH is 1. The molecule has 1 aliphatic heterocycles. The van der Waals surface area contributed by atoms with E-state index in [1.54, 1.807) is 6.33 Å². The van der Waals surface area contributed by atoms with Crippen molar-refractivity contribution in [1.29, 1.82) is 0 Å². The monoisotopic (exact) mass is 485 g/mol. The molecule has 3 aromatic rings. The summed E-state index contributed by atoms with van der Waals surface area (Å²) in [7, 11) is 0. The molecule has 7 nitrogen and oxygen atoms in total. The highest BCUT2D eigenvalue weighted by Gasteiger charge is 2.28. The van der Waals surface area contributed by atoms with Crippen LogP contribution in [0.25, 0.3) is 11.2 Å². The highest BCUT2D eigenvalue weighted by Crippen LogP contribution is 2.32. The molecular formula is C17H17ClIN5O2. The Balaban J connectivity index is 1.62. The number of halogens is 2. The highest BCUT2D eigenvalue weighted by molar-refractivity contribution is 14.1. The summed E-state index contributed by atoms with van der Waals surface area (Å²) in [4.78, 5) is 13.1. The van der Waals surface area contributed by atoms with E-state index in [4.69, 9.17) is 16.3 Å². The van der Waals surface area contributed by atoms with Crippen molar-refractivity contribution in [2.45, 2.75) is 31.7 Å². The van der Waals surface area contributed by atoms with Crippen molar-refractivity contribution >= 4 is 51.2 Å². The van der Waals surface area contributed by atoms with Crippen molar-refractivity contribution < 1.29 is 9.84 Å². The van der Waals surface area contributed by atoms with Crippen molar-refractivity contribution in [1.82, 2.24) is 19.5 Å². The van der Waals surface area contributed by atoms with Crippen LogP contribution in [-0.2, 0) is 11.3 Å². The van der Waals surface area contributed by atoms with Crippen LogP contribution in [-0.4, -0.2) is 37.3 Å². The molecule has 26 heavy (non-hydrogen) atoms. The lowest BCUT2D eigenvalue weighted by Gasteiger charge is -2.14. The van der Waals surface area contributed by atoms with Crippen molar-refractivity contribution in [2.75, 3.05) is 11.9 Å². The number of hydrogen-bond acceptors (Lipinski definition) is 6. The smallest absolute Gasteiger partial charge is 0.226 e. The van der Waals surface area contributed by atoms with Crippen molar-refractivity contribution in [2.24, 2.45) is 0 Å². The van der Waals surface area contributed by atoms with E-state index in [9.17, 15) is 5.11 Å². The highest BCUT2D eigenvalue weighted by atomic mass is 127. The van der Waals surface area contributed by atoms with Gasteiger partial charge in [0.2, 0.25) is 5.28 Å². The Labute approximate surface area is 168 Å². The van der Waals surface area contributed by atoms with Crippen LogP contribution in [0.2, 0.25) is 5.28 Å². The lowest BCUT2D eigenvalue weighted by Crippen LogP contribution is -2.14. The van der Waals surface area contributed by atoms with Gasteiger partial charge in [0, 0.05) is 10.1 Å². The quantitative estimate of drug-likeness (QED) is 0.426. The minimum Gasteiger partial charge on any atom is -0.394 e. The van der Waals surface area contributed by atoms with E-state index in [0.29, 0.717) is 23.5 Å². The number of nitrogens with zero attached hydrogens (tertiary/aromatic N) is 4. The van der Waals surface area contributed by atoms with Crippen LogP contribution in [0.5, 0.6) is 0 Å². The number of rotatable bonds is 5. The van der Waals surface area contributed by atoms with E-state index in [2.05, 4.69) is 55.0 Å². The molecule has 2 N–H and O–H groups in total. The number of anilines is 1. The third-order valence-electron chi connectivity index (χ3n) is 4.34. The molecule has 1 aromatic carbocycles. The van der Waals surface area contributed by atoms with Gasteiger partial charge < -0.3 is 15.2 Å². The maximum atomic E-state index is 9.27. The largest absolute Gasteiger partial charge is 0.394 e. The molecule has 1 fully saturated rings. The summed E-state index contributed by atoms with van der Waals surface area (Å²) >= 11 is 8.42. The summed E-state index contributed by atoms with van der Waals surface area (Å²) in [6.45, 7) is 0.625. The van der Waals surface area contributed by atoms with E-state index >= 15 is 0 Å². The van der Waals surface area contributed by atoms with E-state index < -0.39 is 0 Å². The predicted molar refractivity (Wildman–Crippen MR) is 107 cm³/mol. The fourth-order valence-corrected chi connectivity index (χ4v) is 3.85. The van der Waals surface area contributed by atoms with Gasteiger partial charge in [0.25, 0.3) is 0 Å². The topological polar surface area (TPSA) is 85.1 Å². The Morgan fingerprint density at radius 1 is 1.35 bits per heavy atom. The fourth-order valence-electron chi connectivity index (χ4n) is 3.08. The standard InChI is InChI=1S/C17H17ClIN5O2/c18-17-22-15(20-7-10-2-1-3-11(19)6-10)14-16(23-17)24(9-21-14)13-5-4-12(8-25)26-13/h1-3,6,9,12-13,25H,4-5,7-8H2,(H,20,22,23)/t12-,13-/m1/s1. The zero-order chi connectivity index (χ0) is 18.1. The Kier molecular flexibility index (Phi) is 5.25. The molecule has 0 spiro atoms. The molecule has 4 rings (SSSR count). The Morgan fingerprint density at radius 2 is 2.23 bits per heavy atom. The van der Waals surface area contributed by atoms with Gasteiger partial charge in [0.15, 0.2) is 17.0 Å². The minimum absolute atomic E-state index is 0.0154. The minimum atomic E-state index is -0.202. The molecule has 0 radical (unpaired) electrons. The first kappa shape index (κ1) is 17.9. The Morgan fingerprint density at radius 3 is 3.00 bits per heavy atom. The molecular weight excluding hydrogens is 469 g/mol. The molecule has 0 aliphatic carbocycles. The number of aromatic nitrogens is 4. The van der Waals surface area contributed by atoms with Crippen molar-refractivity contribution in [3.8, 4) is 0 Å². The van der Waals surface area contributed by atoms with E-state index in [0.717, 1.165) is 18.4 Å². The lowest BCUT2D eigenvalue weighted by atomic mass is 10.2. The van der Waals surface area contributed by atoms with Crippen LogP contribution >= 0.6 is 34.2 Å². The maximum Gasteiger partial charge on any atom is 0.226 e. The van der Waals surface area contributed by atoms with Crippen LogP contribution in [0.1, 0.15) is 24.6 Å². The molecule has 9 heteroatoms. The second-order valence-electron chi connectivity index (χ2n) is 6.12. The van der Waals surface area contributed by atoms with Crippen LogP contribution in [0, 0.1) is 3.57 Å². The molecule has 3 heterocycles. The summed E-state index contributed by atoms with van der Waals surface area (Å²) in [6.07, 6.45) is 2.94. The number of nitrogens with one attached hydrogen (secondary N) is 1. The van der Waals surface area contributed by atoms with Gasteiger partial charge in [-0.15, -0.1) is 0 Å². The number of benzene rings is 1. The summed E-state index contributed by atoms with van der Waals surface area (Å²) in [5.41, 5.74) is 2.42. The maximum absolute atomic E-state index is 9.27. The third kappa shape index (κ3) is 3.64. The van der Waals surface area contributed by atoms with Gasteiger partial charge in [-0.2, -0.15) is 9.97 Å². The van der Waals surface area contributed by atoms with Crippen LogP contribution < -0.4 is 5.32 Å². The average Bonchev–Trinajstić information content (AvgIpc) is 3.26. The number of aliphatic hydroxyl groups is 1. The van der Waals surface area contributed by atoms with Crippen molar-refractivity contribution in [3.63, 3.8) is 0 Å². The Bertz CT molecular complexity index is 935. The summed E-state index contributed by atoms with van der Waals surface area (Å²) in [6, 6.07) is 8.22. The molecule has 2 aromatic heterocycles. The molecule has 2 atom stereocenters. The molecule has 1 saturated heterocycles. The van der Waals surface area contributed by atoms with Gasteiger partial charge in [0.1, 0.15) is 6.23 Å². The van der Waals surface area contributed by atoms with E-state index in [-0.39, 0.29) is 24.2 Å². The first-order valence-corrected chi connectivity index (χ1v) is 9.74. The molecule has 0 saturated carbocycles. The van der Waals surface area contributed by atoms with Gasteiger partial charge in [-0.3, -0.25) is 4.57 Å². The van der Waals surface area contributed by atoms with Crippen molar-refractivity contribution in [3.05, 3.63) is 45.0 Å². The first-order valence-electron chi connectivity index (χ1n) is 8.29. The molecule has 1 aliphatic rings. The first-order chi connectivity index (χ1) is 12.6. The Hall–Kier alpha value is -1.49. The summed E-state index contributed by atoms with van der Waals surface area (Å²) < 4.78 is 8.86. The van der Waals surface area contributed by atoms with Gasteiger partial charge in [0.05, 0.1) is 19.0 Å². The summed E-state index contributed by atoms with van der Waals surface area (Å²) in [5.74, 6) is 0.592. The number of ether oxygens (including phenoxy) is 1. The fraction of sp³-hybridized carbons (Fsp3) is 0.353. The molecule has 0 amide bonds. The zero-order valence-electron chi connectivity index (χ0n) is 13.8. The SMILES string of the molecule is OC[C@H]1CC[C@H](n2cnc3c(NCc4cccc(I)c4)nc(Cl)nc32)O1.